The molecule has 0 saturated carbocycles. The highest BCUT2D eigenvalue weighted by Crippen LogP contribution is 2.35. The number of aromatic nitrogens is 3. The average Bonchev–Trinajstić information content (AvgIpc) is 3.34. The van der Waals surface area contributed by atoms with Gasteiger partial charge < -0.3 is 30.2 Å². The number of nitrogens with zero attached hydrogens (tertiary/aromatic N) is 4. The van der Waals surface area contributed by atoms with Crippen LogP contribution in [0, 0.1) is 18.6 Å². The minimum absolute atomic E-state index is 0.0413. The largest absolute Gasteiger partial charge is 0.435 e. The number of hydrogen-bond acceptors (Lipinski definition) is 7. The van der Waals surface area contributed by atoms with E-state index in [1.165, 1.54) is 19.4 Å². The molecule has 0 aliphatic carbocycles. The number of hydrogen-bond donors (Lipinski definition) is 3. The number of amides is 1. The first-order valence-electron chi connectivity index (χ1n) is 12.4. The van der Waals surface area contributed by atoms with Crippen LogP contribution < -0.4 is 20.3 Å². The predicted octanol–water partition coefficient (Wildman–Crippen LogP) is 4.58. The van der Waals surface area contributed by atoms with Gasteiger partial charge in [0.25, 0.3) is 5.91 Å². The zero-order valence-corrected chi connectivity index (χ0v) is 21.4. The van der Waals surface area contributed by atoms with Gasteiger partial charge in [0.05, 0.1) is 5.52 Å². The van der Waals surface area contributed by atoms with Crippen LogP contribution in [0.4, 0.5) is 26.0 Å². The maximum absolute atomic E-state index is 15.2. The van der Waals surface area contributed by atoms with Crippen LogP contribution in [0.2, 0.25) is 0 Å². The lowest BCUT2D eigenvalue weighted by molar-refractivity contribution is 0.0960. The Morgan fingerprint density at radius 2 is 1.84 bits per heavy atom. The third kappa shape index (κ3) is 4.97. The van der Waals surface area contributed by atoms with E-state index in [-0.39, 0.29) is 28.2 Å². The molecule has 1 saturated heterocycles. The topological polar surface area (TPSA) is 98.4 Å². The number of rotatable bonds is 7. The summed E-state index contributed by atoms with van der Waals surface area (Å²) in [5, 5.41) is 5.70. The molecule has 4 aromatic rings. The Kier molecular flexibility index (Phi) is 7.10. The molecule has 2 aromatic heterocycles. The summed E-state index contributed by atoms with van der Waals surface area (Å²) in [5.74, 6) is -2.44. The summed E-state index contributed by atoms with van der Waals surface area (Å²) in [4.78, 5) is 28.6. The van der Waals surface area contributed by atoms with Crippen molar-refractivity contribution in [3.05, 3.63) is 65.6 Å². The van der Waals surface area contributed by atoms with Gasteiger partial charge in [-0.3, -0.25) is 4.79 Å². The Balaban J connectivity index is 1.42. The minimum atomic E-state index is -0.767. The monoisotopic (exact) mass is 521 g/mol. The van der Waals surface area contributed by atoms with Crippen molar-refractivity contribution in [3.8, 4) is 11.6 Å². The Morgan fingerprint density at radius 3 is 2.53 bits per heavy atom. The third-order valence-electron chi connectivity index (χ3n) is 6.69. The molecule has 38 heavy (non-hydrogen) atoms. The molecule has 1 aliphatic heterocycles. The van der Waals surface area contributed by atoms with E-state index in [1.54, 1.807) is 6.92 Å². The second-order valence-electron chi connectivity index (χ2n) is 9.09. The van der Waals surface area contributed by atoms with Crippen LogP contribution >= 0.6 is 0 Å². The van der Waals surface area contributed by atoms with Crippen LogP contribution in [-0.2, 0) is 0 Å². The molecule has 5 rings (SSSR count). The molecular formula is C27H29F2N7O2. The highest BCUT2D eigenvalue weighted by molar-refractivity contribution is 6.01. The fraction of sp³-hybridized carbons (Fsp3) is 0.296. The van der Waals surface area contributed by atoms with Crippen molar-refractivity contribution in [3.63, 3.8) is 0 Å². The summed E-state index contributed by atoms with van der Waals surface area (Å²) in [6, 6.07) is 10.2. The summed E-state index contributed by atoms with van der Waals surface area (Å²) < 4.78 is 35.5. The predicted molar refractivity (Wildman–Crippen MR) is 142 cm³/mol. The van der Waals surface area contributed by atoms with E-state index in [9.17, 15) is 9.18 Å². The number of ether oxygens (including phenoxy) is 1. The van der Waals surface area contributed by atoms with E-state index in [4.69, 9.17) is 4.74 Å². The molecule has 9 nitrogen and oxygen atoms in total. The fourth-order valence-electron chi connectivity index (χ4n) is 4.60. The molecule has 0 radical (unpaired) electrons. The molecule has 11 heteroatoms. The molecule has 1 fully saturated rings. The fourth-order valence-corrected chi connectivity index (χ4v) is 4.60. The Hall–Kier alpha value is -4.25. The van der Waals surface area contributed by atoms with Gasteiger partial charge in [-0.1, -0.05) is 6.92 Å². The number of H-pyrrole nitrogens is 1. The van der Waals surface area contributed by atoms with Crippen LogP contribution in [0.25, 0.3) is 10.9 Å². The number of aryl methyl sites for hydroxylation is 1. The molecule has 1 aliphatic rings. The smallest absolute Gasteiger partial charge is 0.260 e. The number of halogens is 2. The number of anilines is 3. The lowest BCUT2D eigenvalue weighted by Crippen LogP contribution is -2.46. The van der Waals surface area contributed by atoms with Crippen molar-refractivity contribution >= 4 is 34.0 Å². The summed E-state index contributed by atoms with van der Waals surface area (Å²) in [6.45, 7) is 8.89. The number of carbonyl (C=O) groups is 1. The lowest BCUT2D eigenvalue weighted by Gasteiger charge is -2.35. The third-order valence-corrected chi connectivity index (χ3v) is 6.69. The lowest BCUT2D eigenvalue weighted by atomic mass is 10.2. The highest BCUT2D eigenvalue weighted by Gasteiger charge is 2.24. The van der Waals surface area contributed by atoms with E-state index in [2.05, 4.69) is 42.3 Å². The van der Waals surface area contributed by atoms with Gasteiger partial charge in [0, 0.05) is 61.7 Å². The van der Waals surface area contributed by atoms with E-state index in [1.807, 2.05) is 24.3 Å². The Bertz CT molecular complexity index is 1460. The van der Waals surface area contributed by atoms with Gasteiger partial charge in [-0.2, -0.15) is 0 Å². The van der Waals surface area contributed by atoms with Crippen LogP contribution in [0.3, 0.4) is 0 Å². The number of carbonyl (C=O) groups excluding carboxylic acids is 1. The summed E-state index contributed by atoms with van der Waals surface area (Å²) in [6.07, 6.45) is 1.19. The normalized spacial score (nSPS) is 14.1. The van der Waals surface area contributed by atoms with Gasteiger partial charge in [0.1, 0.15) is 11.9 Å². The van der Waals surface area contributed by atoms with Crippen molar-refractivity contribution in [2.45, 2.75) is 13.8 Å². The van der Waals surface area contributed by atoms with Crippen LogP contribution in [0.1, 0.15) is 23.0 Å². The van der Waals surface area contributed by atoms with E-state index >= 15 is 4.39 Å². The van der Waals surface area contributed by atoms with Gasteiger partial charge in [0.2, 0.25) is 5.88 Å². The highest BCUT2D eigenvalue weighted by atomic mass is 19.1. The number of piperazine rings is 1. The Morgan fingerprint density at radius 1 is 1.11 bits per heavy atom. The van der Waals surface area contributed by atoms with Crippen molar-refractivity contribution < 1.29 is 18.3 Å². The van der Waals surface area contributed by atoms with Gasteiger partial charge in [-0.25, -0.2) is 18.7 Å². The molecule has 198 valence electrons. The van der Waals surface area contributed by atoms with Crippen LogP contribution in [0.15, 0.2) is 42.7 Å². The zero-order chi connectivity index (χ0) is 26.8. The van der Waals surface area contributed by atoms with Gasteiger partial charge in [-0.05, 0) is 43.8 Å². The van der Waals surface area contributed by atoms with Crippen LogP contribution in [-0.4, -0.2) is 65.5 Å². The first kappa shape index (κ1) is 25.4. The van der Waals surface area contributed by atoms with Crippen molar-refractivity contribution in [1.82, 2.24) is 25.2 Å². The van der Waals surface area contributed by atoms with Crippen molar-refractivity contribution in [2.75, 3.05) is 50.0 Å². The first-order valence-corrected chi connectivity index (χ1v) is 12.4. The SMILES string of the molecule is CCN1CCN(c2ccc(Nc3ncnc(Oc4cc(F)c5[nH]c(C)cc5c4F)c3C(=O)NC)cc2)CC1. The molecule has 3 N–H and O–H groups in total. The van der Waals surface area contributed by atoms with Crippen molar-refractivity contribution in [2.24, 2.45) is 0 Å². The molecule has 1 amide bonds. The number of fused-ring (bicyclic) bond motifs is 1. The molecule has 0 unspecified atom stereocenters. The first-order chi connectivity index (χ1) is 18.4. The second kappa shape index (κ2) is 10.6. The molecule has 0 bridgehead atoms. The van der Waals surface area contributed by atoms with E-state index < -0.39 is 23.3 Å². The number of benzene rings is 2. The number of nitrogens with one attached hydrogen (secondary N) is 3. The minimum Gasteiger partial charge on any atom is -0.435 e. The molecular weight excluding hydrogens is 492 g/mol. The molecule has 0 spiro atoms. The number of aromatic amines is 1. The van der Waals surface area contributed by atoms with Gasteiger partial charge in [0.15, 0.2) is 23.2 Å². The average molecular weight is 522 g/mol. The van der Waals surface area contributed by atoms with Crippen LogP contribution in [0.5, 0.6) is 11.6 Å². The van der Waals surface area contributed by atoms with Crippen molar-refractivity contribution in [1.29, 1.82) is 0 Å². The molecule has 2 aromatic carbocycles. The van der Waals surface area contributed by atoms with E-state index in [0.717, 1.165) is 44.5 Å². The summed E-state index contributed by atoms with van der Waals surface area (Å²) >= 11 is 0. The number of likely N-dealkylation sites (N-methyl/N-ethyl adjacent to an activating group) is 1. The molecule has 3 heterocycles. The van der Waals surface area contributed by atoms with Gasteiger partial charge >= 0.3 is 0 Å². The summed E-state index contributed by atoms with van der Waals surface area (Å²) in [7, 11) is 1.45. The zero-order valence-electron chi connectivity index (χ0n) is 21.4. The van der Waals surface area contributed by atoms with Gasteiger partial charge in [-0.15, -0.1) is 0 Å². The summed E-state index contributed by atoms with van der Waals surface area (Å²) in [5.41, 5.74) is 2.40. The maximum Gasteiger partial charge on any atom is 0.260 e. The Labute approximate surface area is 218 Å². The standard InChI is InChI=1S/C27H29F2N7O2/c1-4-35-9-11-36(12-10-35)18-7-5-17(6-8-18)34-25-22(26(37)30-3)27(32-15-31-25)38-21-14-20(28)24-19(23(21)29)13-16(2)33-24/h5-8,13-15,33H,4,9-12H2,1-3H3,(H,30,37)(H,31,32,34). The molecule has 0 atom stereocenters. The second-order valence-corrected chi connectivity index (χ2v) is 9.09. The maximum atomic E-state index is 15.2. The van der Waals surface area contributed by atoms with E-state index in [0.29, 0.717) is 11.4 Å². The quantitative estimate of drug-likeness (QED) is 0.327.